The van der Waals surface area contributed by atoms with Crippen molar-refractivity contribution >= 4 is 20.0 Å². The number of nitrogens with zero attached hydrogens (tertiary/aromatic N) is 2. The number of hydrogen-bond acceptors (Lipinski definition) is 1. The molecular formula is C10H10GeN2. The van der Waals surface area contributed by atoms with Crippen molar-refractivity contribution in [1.29, 1.82) is 0 Å². The summed E-state index contributed by atoms with van der Waals surface area (Å²) in [4.78, 5) is 0. The molecule has 0 amide bonds. The second-order valence-electron chi connectivity index (χ2n) is 2.73. The van der Waals surface area contributed by atoms with Gasteiger partial charge in [-0.1, -0.05) is 0 Å². The van der Waals surface area contributed by atoms with Crippen molar-refractivity contribution in [1.82, 2.24) is 9.78 Å². The topological polar surface area (TPSA) is 17.8 Å². The van der Waals surface area contributed by atoms with E-state index in [9.17, 15) is 0 Å². The van der Waals surface area contributed by atoms with Crippen LogP contribution in [-0.4, -0.2) is 25.2 Å². The van der Waals surface area contributed by atoms with Gasteiger partial charge in [0.2, 0.25) is 0 Å². The van der Waals surface area contributed by atoms with Gasteiger partial charge in [0, 0.05) is 0 Å². The molecule has 1 aromatic heterocycles. The molecule has 13 heavy (non-hydrogen) atoms. The SMILES string of the molecule is [CH3][Ge][c]1ccn(-c2ccccc2)n1. The van der Waals surface area contributed by atoms with Crippen molar-refractivity contribution in [3.05, 3.63) is 42.6 Å². The maximum absolute atomic E-state index is 4.47. The van der Waals surface area contributed by atoms with Crippen LogP contribution in [0, 0.1) is 0 Å². The van der Waals surface area contributed by atoms with Crippen LogP contribution < -0.4 is 4.53 Å². The van der Waals surface area contributed by atoms with Gasteiger partial charge in [-0.25, -0.2) is 0 Å². The van der Waals surface area contributed by atoms with Gasteiger partial charge in [0.15, 0.2) is 0 Å². The minimum atomic E-state index is -0.0137. The molecule has 0 N–H and O–H groups in total. The molecule has 0 aliphatic carbocycles. The molecule has 0 unspecified atom stereocenters. The average Bonchev–Trinajstić information content (AvgIpc) is 2.67. The fourth-order valence-corrected chi connectivity index (χ4v) is 2.12. The predicted molar refractivity (Wildman–Crippen MR) is 54.8 cm³/mol. The van der Waals surface area contributed by atoms with Crippen LogP contribution in [0.3, 0.4) is 0 Å². The predicted octanol–water partition coefficient (Wildman–Crippen LogP) is 1.25. The van der Waals surface area contributed by atoms with Crippen molar-refractivity contribution < 1.29 is 0 Å². The molecule has 0 spiro atoms. The van der Waals surface area contributed by atoms with Crippen molar-refractivity contribution in [2.45, 2.75) is 5.76 Å². The van der Waals surface area contributed by atoms with E-state index in [-0.39, 0.29) is 15.4 Å². The second-order valence-corrected chi connectivity index (χ2v) is 4.85. The van der Waals surface area contributed by atoms with Crippen LogP contribution in [0.5, 0.6) is 0 Å². The molecule has 0 atom stereocenters. The van der Waals surface area contributed by atoms with E-state index in [2.05, 4.69) is 29.1 Å². The quantitative estimate of drug-likeness (QED) is 0.711. The van der Waals surface area contributed by atoms with Crippen LogP contribution in [0.15, 0.2) is 42.6 Å². The third kappa shape index (κ3) is 1.83. The van der Waals surface area contributed by atoms with Gasteiger partial charge in [0.1, 0.15) is 0 Å². The Hall–Kier alpha value is -1.03. The Bertz CT molecular complexity index is 381. The first-order chi connectivity index (χ1) is 6.40. The average molecular weight is 231 g/mol. The fraction of sp³-hybridized carbons (Fsp3) is 0.100. The van der Waals surface area contributed by atoms with Gasteiger partial charge in [-0.2, -0.15) is 0 Å². The Morgan fingerprint density at radius 3 is 2.54 bits per heavy atom. The molecule has 0 aliphatic rings. The number of para-hydroxylation sites is 1. The summed E-state index contributed by atoms with van der Waals surface area (Å²) in [6.45, 7) is 0. The van der Waals surface area contributed by atoms with E-state index in [0.717, 1.165) is 5.69 Å². The Labute approximate surface area is 84.1 Å². The van der Waals surface area contributed by atoms with Crippen LogP contribution in [0.25, 0.3) is 5.69 Å². The van der Waals surface area contributed by atoms with Crippen LogP contribution in [0.4, 0.5) is 0 Å². The summed E-state index contributed by atoms with van der Waals surface area (Å²) in [5.41, 5.74) is 1.13. The molecule has 0 fully saturated rings. The molecule has 1 heterocycles. The summed E-state index contributed by atoms with van der Waals surface area (Å²) >= 11 is -0.0137. The molecule has 2 radical (unpaired) electrons. The number of benzene rings is 1. The van der Waals surface area contributed by atoms with Gasteiger partial charge < -0.3 is 0 Å². The summed E-state index contributed by atoms with van der Waals surface area (Å²) in [6, 6.07) is 12.3. The molecule has 0 bridgehead atoms. The maximum atomic E-state index is 4.47. The van der Waals surface area contributed by atoms with Crippen LogP contribution in [0.2, 0.25) is 5.76 Å². The zero-order valence-electron chi connectivity index (χ0n) is 7.44. The van der Waals surface area contributed by atoms with Gasteiger partial charge in [-0.15, -0.1) is 0 Å². The van der Waals surface area contributed by atoms with Gasteiger partial charge in [-0.3, -0.25) is 0 Å². The van der Waals surface area contributed by atoms with Crippen LogP contribution in [0.1, 0.15) is 0 Å². The van der Waals surface area contributed by atoms with Crippen LogP contribution in [-0.2, 0) is 0 Å². The number of aromatic nitrogens is 2. The summed E-state index contributed by atoms with van der Waals surface area (Å²) in [5, 5.41) is 4.47. The molecule has 1 aromatic carbocycles. The van der Waals surface area contributed by atoms with E-state index < -0.39 is 0 Å². The first-order valence-corrected chi connectivity index (χ1v) is 7.34. The second kappa shape index (κ2) is 3.79. The Balaban J connectivity index is 2.36. The minimum absolute atomic E-state index is 0.0137. The Morgan fingerprint density at radius 2 is 1.92 bits per heavy atom. The molecule has 64 valence electrons. The molecule has 0 saturated heterocycles. The first-order valence-electron chi connectivity index (χ1n) is 4.19. The van der Waals surface area contributed by atoms with Gasteiger partial charge >= 0.3 is 83.8 Å². The Kier molecular flexibility index (Phi) is 2.50. The molecule has 3 heteroatoms. The summed E-state index contributed by atoms with van der Waals surface area (Å²) in [6.07, 6.45) is 2.03. The summed E-state index contributed by atoms with van der Waals surface area (Å²) in [7, 11) is 0. The van der Waals surface area contributed by atoms with Crippen molar-refractivity contribution in [3.63, 3.8) is 0 Å². The van der Waals surface area contributed by atoms with Gasteiger partial charge in [-0.05, 0) is 0 Å². The zero-order valence-corrected chi connectivity index (χ0v) is 9.53. The van der Waals surface area contributed by atoms with Crippen LogP contribution >= 0.6 is 0 Å². The standard InChI is InChI=1S/C10H10GeN2/c1-11-10-7-8-13(12-10)9-5-3-2-4-6-9/h2-8H,1H3. The van der Waals surface area contributed by atoms with Crippen molar-refractivity contribution in [2.24, 2.45) is 0 Å². The van der Waals surface area contributed by atoms with E-state index >= 15 is 0 Å². The van der Waals surface area contributed by atoms with E-state index in [4.69, 9.17) is 0 Å². The molecular weight excluding hydrogens is 221 g/mol. The number of rotatable bonds is 2. The Morgan fingerprint density at radius 1 is 1.15 bits per heavy atom. The van der Waals surface area contributed by atoms with Crippen molar-refractivity contribution in [2.75, 3.05) is 0 Å². The van der Waals surface area contributed by atoms with E-state index in [1.807, 2.05) is 29.1 Å². The molecule has 0 aliphatic heterocycles. The summed E-state index contributed by atoms with van der Waals surface area (Å²) < 4.78 is 3.19. The van der Waals surface area contributed by atoms with E-state index in [1.54, 1.807) is 0 Å². The number of hydrogen-bond donors (Lipinski definition) is 0. The molecule has 2 nitrogen and oxygen atoms in total. The third-order valence-electron chi connectivity index (χ3n) is 1.87. The molecule has 2 aromatic rings. The summed E-state index contributed by atoms with van der Waals surface area (Å²) in [5.74, 6) is 2.23. The van der Waals surface area contributed by atoms with Gasteiger partial charge in [0.25, 0.3) is 0 Å². The van der Waals surface area contributed by atoms with E-state index in [1.165, 1.54) is 4.53 Å². The van der Waals surface area contributed by atoms with Crippen molar-refractivity contribution in [3.8, 4) is 5.69 Å². The molecule has 2 rings (SSSR count). The first kappa shape index (κ1) is 8.57. The molecule has 0 saturated carbocycles. The third-order valence-corrected chi connectivity index (χ3v) is 3.50. The monoisotopic (exact) mass is 232 g/mol. The zero-order chi connectivity index (χ0) is 9.10. The van der Waals surface area contributed by atoms with E-state index in [0.29, 0.717) is 0 Å². The fourth-order valence-electron chi connectivity index (χ4n) is 1.18. The normalized spacial score (nSPS) is 10.2. The van der Waals surface area contributed by atoms with Gasteiger partial charge in [0.05, 0.1) is 0 Å².